The first-order chi connectivity index (χ1) is 9.77. The molecule has 0 radical (unpaired) electrons. The lowest BCUT2D eigenvalue weighted by atomic mass is 10.0. The molecule has 1 aromatic rings. The molecule has 0 heterocycles. The maximum atomic E-state index is 5.96. The van der Waals surface area contributed by atoms with Crippen LogP contribution in [0.3, 0.4) is 0 Å². The molecule has 0 saturated heterocycles. The zero-order valence-corrected chi connectivity index (χ0v) is 14.4. The van der Waals surface area contributed by atoms with Crippen molar-refractivity contribution >= 4 is 23.4 Å². The second-order valence-electron chi connectivity index (χ2n) is 5.25. The van der Waals surface area contributed by atoms with Crippen LogP contribution in [0, 0.1) is 0 Å². The third-order valence-corrected chi connectivity index (χ3v) is 4.46. The molecule has 114 valence electrons. The third kappa shape index (κ3) is 7.56. The van der Waals surface area contributed by atoms with Crippen molar-refractivity contribution < 1.29 is 0 Å². The molecule has 0 aliphatic rings. The van der Waals surface area contributed by atoms with Gasteiger partial charge >= 0.3 is 0 Å². The van der Waals surface area contributed by atoms with Gasteiger partial charge in [-0.15, -0.1) is 0 Å². The predicted octanol–water partition coefficient (Wildman–Crippen LogP) is 5.69. The Morgan fingerprint density at radius 2 is 1.80 bits per heavy atom. The van der Waals surface area contributed by atoms with Crippen LogP contribution in [0.5, 0.6) is 0 Å². The summed E-state index contributed by atoms with van der Waals surface area (Å²) in [6.07, 6.45) is 9.92. The van der Waals surface area contributed by atoms with Crippen molar-refractivity contribution in [3.8, 4) is 0 Å². The summed E-state index contributed by atoms with van der Waals surface area (Å²) in [6.45, 7) is 3.36. The Hall–Kier alpha value is -0.180. The van der Waals surface area contributed by atoms with Gasteiger partial charge in [-0.25, -0.2) is 0 Å². The summed E-state index contributed by atoms with van der Waals surface area (Å²) in [7, 11) is 0. The Kier molecular flexibility index (Phi) is 10.3. The van der Waals surface area contributed by atoms with Crippen molar-refractivity contribution in [3.05, 3.63) is 34.9 Å². The van der Waals surface area contributed by atoms with Gasteiger partial charge in [0.15, 0.2) is 0 Å². The molecule has 1 N–H and O–H groups in total. The molecule has 1 unspecified atom stereocenters. The fourth-order valence-corrected chi connectivity index (χ4v) is 2.99. The Morgan fingerprint density at radius 3 is 2.45 bits per heavy atom. The molecule has 0 aromatic heterocycles. The molecule has 1 rings (SSSR count). The quantitative estimate of drug-likeness (QED) is 0.526. The Bertz CT molecular complexity index is 339. The molecular weight excluding hydrogens is 286 g/mol. The van der Waals surface area contributed by atoms with Gasteiger partial charge in [0.25, 0.3) is 0 Å². The average molecular weight is 314 g/mol. The molecule has 0 amide bonds. The molecular formula is C17H28ClNS. The number of nitrogens with one attached hydrogen (secondary N) is 1. The van der Waals surface area contributed by atoms with Crippen molar-refractivity contribution in [2.24, 2.45) is 0 Å². The summed E-state index contributed by atoms with van der Waals surface area (Å²) in [5.41, 5.74) is 1.36. The highest BCUT2D eigenvalue weighted by molar-refractivity contribution is 7.98. The van der Waals surface area contributed by atoms with E-state index in [0.29, 0.717) is 6.04 Å². The summed E-state index contributed by atoms with van der Waals surface area (Å²) >= 11 is 7.91. The van der Waals surface area contributed by atoms with Crippen LogP contribution in [-0.4, -0.2) is 18.6 Å². The Labute approximate surface area is 133 Å². The molecule has 0 aliphatic heterocycles. The average Bonchev–Trinajstić information content (AvgIpc) is 2.46. The van der Waals surface area contributed by atoms with Gasteiger partial charge in [-0.1, -0.05) is 49.9 Å². The van der Waals surface area contributed by atoms with Gasteiger partial charge in [0, 0.05) is 11.1 Å². The lowest BCUT2D eigenvalue weighted by molar-refractivity contribution is 0.478. The zero-order chi connectivity index (χ0) is 14.6. The van der Waals surface area contributed by atoms with Crippen LogP contribution in [0.4, 0.5) is 0 Å². The number of unbranched alkanes of at least 4 members (excludes halogenated alkanes) is 3. The van der Waals surface area contributed by atoms with E-state index >= 15 is 0 Å². The van der Waals surface area contributed by atoms with E-state index in [0.717, 1.165) is 11.6 Å². The van der Waals surface area contributed by atoms with E-state index in [4.69, 9.17) is 11.6 Å². The molecule has 3 heteroatoms. The Balaban J connectivity index is 2.27. The van der Waals surface area contributed by atoms with E-state index in [2.05, 4.69) is 30.6 Å². The van der Waals surface area contributed by atoms with Crippen LogP contribution < -0.4 is 5.32 Å². The molecule has 0 saturated carbocycles. The monoisotopic (exact) mass is 313 g/mol. The van der Waals surface area contributed by atoms with Crippen molar-refractivity contribution in [1.82, 2.24) is 5.32 Å². The minimum Gasteiger partial charge on any atom is -0.310 e. The highest BCUT2D eigenvalue weighted by Gasteiger charge is 2.09. The fourth-order valence-electron chi connectivity index (χ4n) is 2.37. The van der Waals surface area contributed by atoms with E-state index in [1.54, 1.807) is 0 Å². The van der Waals surface area contributed by atoms with E-state index in [1.807, 2.05) is 23.9 Å². The number of hydrogen-bond donors (Lipinski definition) is 1. The standard InChI is InChI=1S/C17H28ClNS/c1-3-8-17(15-9-11-16(18)12-10-15)19-13-6-4-5-7-14-20-2/h9-12,17,19H,3-8,13-14H2,1-2H3. The molecule has 1 nitrogen and oxygen atoms in total. The SMILES string of the molecule is CCCC(NCCCCCCSC)c1ccc(Cl)cc1. The van der Waals surface area contributed by atoms with E-state index in [9.17, 15) is 0 Å². The molecule has 1 atom stereocenters. The first-order valence-electron chi connectivity index (χ1n) is 7.75. The second kappa shape index (κ2) is 11.5. The summed E-state index contributed by atoms with van der Waals surface area (Å²) < 4.78 is 0. The zero-order valence-electron chi connectivity index (χ0n) is 12.8. The van der Waals surface area contributed by atoms with Gasteiger partial charge in [0.2, 0.25) is 0 Å². The van der Waals surface area contributed by atoms with Crippen LogP contribution in [0.25, 0.3) is 0 Å². The number of halogens is 1. The lowest BCUT2D eigenvalue weighted by Crippen LogP contribution is -2.22. The normalized spacial score (nSPS) is 12.6. The van der Waals surface area contributed by atoms with Gasteiger partial charge in [-0.3, -0.25) is 0 Å². The molecule has 1 aromatic carbocycles. The van der Waals surface area contributed by atoms with E-state index < -0.39 is 0 Å². The Morgan fingerprint density at radius 1 is 1.10 bits per heavy atom. The first-order valence-corrected chi connectivity index (χ1v) is 9.53. The van der Waals surface area contributed by atoms with Crippen molar-refractivity contribution in [2.75, 3.05) is 18.6 Å². The van der Waals surface area contributed by atoms with Gasteiger partial charge < -0.3 is 5.32 Å². The van der Waals surface area contributed by atoms with E-state index in [1.165, 1.54) is 49.8 Å². The summed E-state index contributed by atoms with van der Waals surface area (Å²) in [5, 5.41) is 4.52. The number of thioether (sulfide) groups is 1. The van der Waals surface area contributed by atoms with Gasteiger partial charge in [-0.2, -0.15) is 11.8 Å². The fraction of sp³-hybridized carbons (Fsp3) is 0.647. The van der Waals surface area contributed by atoms with Crippen molar-refractivity contribution in [2.45, 2.75) is 51.5 Å². The van der Waals surface area contributed by atoms with E-state index in [-0.39, 0.29) is 0 Å². The van der Waals surface area contributed by atoms with Crippen LogP contribution in [0.15, 0.2) is 24.3 Å². The number of benzene rings is 1. The number of hydrogen-bond acceptors (Lipinski definition) is 2. The topological polar surface area (TPSA) is 12.0 Å². The van der Waals surface area contributed by atoms with Crippen molar-refractivity contribution in [3.63, 3.8) is 0 Å². The summed E-state index contributed by atoms with van der Waals surface area (Å²) in [5.74, 6) is 1.30. The smallest absolute Gasteiger partial charge is 0.0406 e. The highest BCUT2D eigenvalue weighted by Crippen LogP contribution is 2.20. The first kappa shape index (κ1) is 17.9. The maximum absolute atomic E-state index is 5.96. The minimum atomic E-state index is 0.475. The van der Waals surface area contributed by atoms with Crippen LogP contribution in [0.1, 0.15) is 57.1 Å². The van der Waals surface area contributed by atoms with Gasteiger partial charge in [0.05, 0.1) is 0 Å². The van der Waals surface area contributed by atoms with Gasteiger partial charge in [0.1, 0.15) is 0 Å². The summed E-state index contributed by atoms with van der Waals surface area (Å²) in [6, 6.07) is 8.75. The third-order valence-electron chi connectivity index (χ3n) is 3.52. The molecule has 0 aliphatic carbocycles. The predicted molar refractivity (Wildman–Crippen MR) is 94.0 cm³/mol. The lowest BCUT2D eigenvalue weighted by Gasteiger charge is -2.18. The largest absolute Gasteiger partial charge is 0.310 e. The minimum absolute atomic E-state index is 0.475. The van der Waals surface area contributed by atoms with Crippen LogP contribution in [0.2, 0.25) is 5.02 Å². The maximum Gasteiger partial charge on any atom is 0.0406 e. The van der Waals surface area contributed by atoms with Gasteiger partial charge in [-0.05, 0) is 55.5 Å². The molecule has 0 fully saturated rings. The number of rotatable bonds is 11. The molecule has 20 heavy (non-hydrogen) atoms. The molecule has 0 spiro atoms. The highest BCUT2D eigenvalue weighted by atomic mass is 35.5. The van der Waals surface area contributed by atoms with Crippen LogP contribution >= 0.6 is 23.4 Å². The molecule has 0 bridgehead atoms. The summed E-state index contributed by atoms with van der Waals surface area (Å²) in [4.78, 5) is 0. The second-order valence-corrected chi connectivity index (χ2v) is 6.68. The van der Waals surface area contributed by atoms with Crippen molar-refractivity contribution in [1.29, 1.82) is 0 Å². The van der Waals surface area contributed by atoms with Crippen LogP contribution in [-0.2, 0) is 0 Å².